The normalized spacial score (nSPS) is 14.2. The van der Waals surface area contributed by atoms with Crippen molar-refractivity contribution in [3.8, 4) is 5.75 Å². The Labute approximate surface area is 165 Å². The van der Waals surface area contributed by atoms with Gasteiger partial charge >= 0.3 is 0 Å². The van der Waals surface area contributed by atoms with Crippen LogP contribution in [0.3, 0.4) is 0 Å². The highest BCUT2D eigenvalue weighted by atomic mass is 16.5. The van der Waals surface area contributed by atoms with Gasteiger partial charge in [-0.2, -0.15) is 0 Å². The molecule has 2 aromatic carbocycles. The fourth-order valence-electron chi connectivity index (χ4n) is 3.49. The van der Waals surface area contributed by atoms with Crippen molar-refractivity contribution < 1.29 is 9.53 Å². The third-order valence-corrected chi connectivity index (χ3v) is 5.13. The van der Waals surface area contributed by atoms with Gasteiger partial charge in [-0.3, -0.25) is 4.79 Å². The molecule has 0 saturated carbocycles. The average Bonchev–Trinajstić information content (AvgIpc) is 3.27. The summed E-state index contributed by atoms with van der Waals surface area (Å²) in [7, 11) is 1.67. The number of carbonyl (C=O) groups excluding carboxylic acids is 1. The lowest BCUT2D eigenvalue weighted by Crippen LogP contribution is -2.48. The molecule has 0 atom stereocenters. The van der Waals surface area contributed by atoms with E-state index >= 15 is 0 Å². The van der Waals surface area contributed by atoms with E-state index in [2.05, 4.69) is 22.0 Å². The van der Waals surface area contributed by atoms with Crippen LogP contribution in [0.1, 0.15) is 15.9 Å². The summed E-state index contributed by atoms with van der Waals surface area (Å²) in [6, 6.07) is 15.9. The van der Waals surface area contributed by atoms with E-state index < -0.39 is 0 Å². The molecule has 0 N–H and O–H groups in total. The van der Waals surface area contributed by atoms with Crippen LogP contribution >= 0.6 is 0 Å². The summed E-state index contributed by atoms with van der Waals surface area (Å²) >= 11 is 0. The fraction of sp³-hybridized carbons (Fsp3) is 0.273. The van der Waals surface area contributed by atoms with Crippen molar-refractivity contribution in [3.63, 3.8) is 0 Å². The number of hydrogen-bond acceptors (Lipinski definition) is 4. The molecule has 4 rings (SSSR count). The number of benzene rings is 2. The van der Waals surface area contributed by atoms with Crippen molar-refractivity contribution >= 4 is 11.6 Å². The number of rotatable bonds is 5. The number of hydrogen-bond donors (Lipinski definition) is 0. The molecule has 3 aromatic rings. The maximum atomic E-state index is 12.8. The third-order valence-electron chi connectivity index (χ3n) is 5.13. The summed E-state index contributed by atoms with van der Waals surface area (Å²) in [5.41, 5.74) is 3.06. The zero-order chi connectivity index (χ0) is 19.3. The second-order valence-electron chi connectivity index (χ2n) is 6.91. The molecule has 0 unspecified atom stereocenters. The van der Waals surface area contributed by atoms with Gasteiger partial charge in [0, 0.05) is 56.4 Å². The molecule has 0 radical (unpaired) electrons. The Hall–Kier alpha value is -3.28. The van der Waals surface area contributed by atoms with Gasteiger partial charge in [0.1, 0.15) is 5.75 Å². The smallest absolute Gasteiger partial charge is 0.253 e. The van der Waals surface area contributed by atoms with Crippen LogP contribution in [0, 0.1) is 0 Å². The van der Waals surface area contributed by atoms with Gasteiger partial charge in [0.05, 0.1) is 13.4 Å². The average molecular weight is 376 g/mol. The number of amides is 1. The Kier molecular flexibility index (Phi) is 5.28. The molecule has 0 aliphatic carbocycles. The van der Waals surface area contributed by atoms with Crippen molar-refractivity contribution in [1.82, 2.24) is 14.5 Å². The molecule has 1 aromatic heterocycles. The number of piperazine rings is 1. The van der Waals surface area contributed by atoms with Crippen molar-refractivity contribution in [1.29, 1.82) is 0 Å². The van der Waals surface area contributed by atoms with Crippen LogP contribution in [-0.2, 0) is 6.54 Å². The van der Waals surface area contributed by atoms with E-state index in [-0.39, 0.29) is 5.91 Å². The molecule has 6 nitrogen and oxygen atoms in total. The van der Waals surface area contributed by atoms with E-state index in [0.717, 1.165) is 55.3 Å². The van der Waals surface area contributed by atoms with E-state index in [1.54, 1.807) is 19.6 Å². The van der Waals surface area contributed by atoms with Gasteiger partial charge in [-0.1, -0.05) is 12.1 Å². The first kappa shape index (κ1) is 18.1. The summed E-state index contributed by atoms with van der Waals surface area (Å²) in [5.74, 6) is 0.956. The minimum absolute atomic E-state index is 0.101. The van der Waals surface area contributed by atoms with Gasteiger partial charge in [0.15, 0.2) is 0 Å². The van der Waals surface area contributed by atoms with Crippen LogP contribution in [0.2, 0.25) is 0 Å². The Morgan fingerprint density at radius 1 is 1.00 bits per heavy atom. The molecule has 0 spiro atoms. The molecule has 2 heterocycles. The maximum absolute atomic E-state index is 12.8. The van der Waals surface area contributed by atoms with Crippen LogP contribution in [0.25, 0.3) is 0 Å². The standard InChI is InChI=1S/C22H24N4O2/c1-28-21-8-6-20(7-9-21)25-12-14-26(15-13-25)22(27)19-4-2-18(3-5-19)16-24-11-10-23-17-24/h2-11,17H,12-16H2,1H3. The first-order valence-electron chi connectivity index (χ1n) is 9.46. The van der Waals surface area contributed by atoms with Gasteiger partial charge < -0.3 is 19.1 Å². The molecule has 1 saturated heterocycles. The first-order chi connectivity index (χ1) is 13.7. The van der Waals surface area contributed by atoms with Crippen LogP contribution in [-0.4, -0.2) is 53.6 Å². The molecule has 1 amide bonds. The van der Waals surface area contributed by atoms with Gasteiger partial charge in [-0.25, -0.2) is 4.98 Å². The monoisotopic (exact) mass is 376 g/mol. The SMILES string of the molecule is COc1ccc(N2CCN(C(=O)c3ccc(Cn4ccnc4)cc3)CC2)cc1. The topological polar surface area (TPSA) is 50.6 Å². The summed E-state index contributed by atoms with van der Waals surface area (Å²) in [6.07, 6.45) is 5.49. The zero-order valence-electron chi connectivity index (χ0n) is 16.0. The van der Waals surface area contributed by atoms with Crippen molar-refractivity contribution in [2.45, 2.75) is 6.54 Å². The van der Waals surface area contributed by atoms with Gasteiger partial charge in [0.2, 0.25) is 0 Å². The fourth-order valence-corrected chi connectivity index (χ4v) is 3.49. The lowest BCUT2D eigenvalue weighted by Gasteiger charge is -2.36. The van der Waals surface area contributed by atoms with Crippen LogP contribution in [0.15, 0.2) is 67.3 Å². The second-order valence-corrected chi connectivity index (χ2v) is 6.91. The summed E-state index contributed by atoms with van der Waals surface area (Å²) in [5, 5.41) is 0. The van der Waals surface area contributed by atoms with E-state index in [4.69, 9.17) is 4.74 Å². The number of nitrogens with zero attached hydrogens (tertiary/aromatic N) is 4. The molecule has 1 fully saturated rings. The highest BCUT2D eigenvalue weighted by Gasteiger charge is 2.22. The zero-order valence-corrected chi connectivity index (χ0v) is 16.0. The Balaban J connectivity index is 1.34. The Morgan fingerprint density at radius 2 is 1.71 bits per heavy atom. The van der Waals surface area contributed by atoms with Gasteiger partial charge in [-0.05, 0) is 42.0 Å². The molecule has 28 heavy (non-hydrogen) atoms. The number of imidazole rings is 1. The molecule has 144 valence electrons. The van der Waals surface area contributed by atoms with Crippen molar-refractivity contribution in [2.75, 3.05) is 38.2 Å². The number of anilines is 1. The molecular formula is C22H24N4O2. The van der Waals surface area contributed by atoms with Crippen molar-refractivity contribution in [3.05, 3.63) is 78.4 Å². The van der Waals surface area contributed by atoms with Crippen LogP contribution in [0.5, 0.6) is 5.75 Å². The molecule has 1 aliphatic heterocycles. The number of carbonyl (C=O) groups is 1. The number of methoxy groups -OCH3 is 1. The Bertz CT molecular complexity index is 897. The molecule has 1 aliphatic rings. The second kappa shape index (κ2) is 8.17. The molecule has 0 bridgehead atoms. The molecule has 6 heteroatoms. The van der Waals surface area contributed by atoms with Crippen LogP contribution in [0.4, 0.5) is 5.69 Å². The Morgan fingerprint density at radius 3 is 2.32 bits per heavy atom. The van der Waals surface area contributed by atoms with Gasteiger partial charge in [-0.15, -0.1) is 0 Å². The maximum Gasteiger partial charge on any atom is 0.253 e. The lowest BCUT2D eigenvalue weighted by molar-refractivity contribution is 0.0747. The predicted molar refractivity (Wildman–Crippen MR) is 109 cm³/mol. The van der Waals surface area contributed by atoms with E-state index in [1.807, 2.05) is 52.1 Å². The minimum atomic E-state index is 0.101. The predicted octanol–water partition coefficient (Wildman–Crippen LogP) is 2.90. The van der Waals surface area contributed by atoms with E-state index in [0.29, 0.717) is 0 Å². The minimum Gasteiger partial charge on any atom is -0.497 e. The lowest BCUT2D eigenvalue weighted by atomic mass is 10.1. The highest BCUT2D eigenvalue weighted by Crippen LogP contribution is 2.21. The van der Waals surface area contributed by atoms with E-state index in [1.165, 1.54) is 0 Å². The van der Waals surface area contributed by atoms with Crippen molar-refractivity contribution in [2.24, 2.45) is 0 Å². The number of ether oxygens (including phenoxy) is 1. The third kappa shape index (κ3) is 4.01. The first-order valence-corrected chi connectivity index (χ1v) is 9.46. The summed E-state index contributed by atoms with van der Waals surface area (Å²) in [4.78, 5) is 21.1. The number of aromatic nitrogens is 2. The quantitative estimate of drug-likeness (QED) is 0.687. The van der Waals surface area contributed by atoms with Crippen LogP contribution < -0.4 is 9.64 Å². The molecular weight excluding hydrogens is 352 g/mol. The van der Waals surface area contributed by atoms with Gasteiger partial charge in [0.25, 0.3) is 5.91 Å². The largest absolute Gasteiger partial charge is 0.497 e. The summed E-state index contributed by atoms with van der Waals surface area (Å²) in [6.45, 7) is 3.87. The highest BCUT2D eigenvalue weighted by molar-refractivity contribution is 5.94. The van der Waals surface area contributed by atoms with E-state index in [9.17, 15) is 4.79 Å². The summed E-state index contributed by atoms with van der Waals surface area (Å²) < 4.78 is 7.22.